The van der Waals surface area contributed by atoms with Crippen LogP contribution in [-0.2, 0) is 0 Å². The summed E-state index contributed by atoms with van der Waals surface area (Å²) in [7, 11) is 0. The molecular formula is C28H48F6N2O6. The van der Waals surface area contributed by atoms with E-state index in [1.807, 2.05) is 0 Å². The van der Waals surface area contributed by atoms with Crippen molar-refractivity contribution in [3.05, 3.63) is 0 Å². The second-order valence-corrected chi connectivity index (χ2v) is 13.0. The standard InChI is InChI=1S/2C14H24F3NO3/c2*1-8-12(20)13(21)11(19)7-18(8)6-9-3-2-4-10(5-9)14(15,16)17/h2*8-13,19-21H,2-7H2,1H3/t8-,9+,10-,11+,12-,13-;8-,9-,10+,11+,12-,13-/m11/s1. The third-order valence-corrected chi connectivity index (χ3v) is 9.95. The van der Waals surface area contributed by atoms with E-state index in [0.717, 1.165) is 12.8 Å². The normalized spacial score (nSPS) is 43.0. The predicted octanol–water partition coefficient (Wildman–Crippen LogP) is 2.28. The van der Waals surface area contributed by atoms with Crippen molar-refractivity contribution in [3.8, 4) is 0 Å². The quantitative estimate of drug-likeness (QED) is 0.264. The molecule has 0 radical (unpaired) electrons. The van der Waals surface area contributed by atoms with Crippen LogP contribution < -0.4 is 0 Å². The van der Waals surface area contributed by atoms with Gasteiger partial charge in [0, 0.05) is 38.3 Å². The molecule has 248 valence electrons. The van der Waals surface area contributed by atoms with Crippen LogP contribution in [-0.4, -0.2) is 128 Å². The number of alkyl halides is 6. The topological polar surface area (TPSA) is 128 Å². The molecule has 2 aliphatic heterocycles. The number of nitrogens with zero attached hydrogens (tertiary/aromatic N) is 2. The molecule has 0 aromatic heterocycles. The van der Waals surface area contributed by atoms with Crippen LogP contribution in [0, 0.1) is 23.7 Å². The predicted molar refractivity (Wildman–Crippen MR) is 141 cm³/mol. The molecule has 0 aromatic carbocycles. The van der Waals surface area contributed by atoms with Crippen LogP contribution in [0.3, 0.4) is 0 Å². The van der Waals surface area contributed by atoms with Crippen LogP contribution in [0.1, 0.15) is 65.2 Å². The summed E-state index contributed by atoms with van der Waals surface area (Å²) in [5, 5.41) is 58.4. The van der Waals surface area contributed by atoms with Crippen LogP contribution in [0.4, 0.5) is 26.3 Å². The lowest BCUT2D eigenvalue weighted by Crippen LogP contribution is -2.61. The van der Waals surface area contributed by atoms with Crippen molar-refractivity contribution >= 4 is 0 Å². The Labute approximate surface area is 243 Å². The fourth-order valence-corrected chi connectivity index (χ4v) is 7.14. The van der Waals surface area contributed by atoms with E-state index in [4.69, 9.17) is 0 Å². The fourth-order valence-electron chi connectivity index (χ4n) is 7.14. The average Bonchev–Trinajstić information content (AvgIpc) is 2.92. The molecule has 6 N–H and O–H groups in total. The maximum Gasteiger partial charge on any atom is 0.391 e. The van der Waals surface area contributed by atoms with E-state index in [-0.39, 0.29) is 62.7 Å². The van der Waals surface area contributed by atoms with Crippen LogP contribution in [0.25, 0.3) is 0 Å². The first-order chi connectivity index (χ1) is 19.4. The molecule has 12 atom stereocenters. The number of β-amino-alcohol motifs (C(OH)–C–C–N with tert-alkyl or cyclic N) is 2. The monoisotopic (exact) mass is 622 g/mol. The van der Waals surface area contributed by atoms with Gasteiger partial charge in [0.15, 0.2) is 0 Å². The Kier molecular flexibility index (Phi) is 12.4. The van der Waals surface area contributed by atoms with E-state index in [1.165, 1.54) is 0 Å². The smallest absolute Gasteiger partial charge is 0.389 e. The minimum Gasteiger partial charge on any atom is -0.389 e. The van der Waals surface area contributed by atoms with Crippen LogP contribution in [0.2, 0.25) is 0 Å². The lowest BCUT2D eigenvalue weighted by atomic mass is 9.80. The molecule has 0 unspecified atom stereocenters. The Balaban J connectivity index is 0.000000230. The molecule has 2 heterocycles. The van der Waals surface area contributed by atoms with Gasteiger partial charge in [-0.2, -0.15) is 26.3 Å². The van der Waals surface area contributed by atoms with Crippen molar-refractivity contribution in [2.45, 2.75) is 126 Å². The zero-order valence-electron chi connectivity index (χ0n) is 24.3. The number of aliphatic hydroxyl groups is 6. The Bertz CT molecular complexity index is 772. The molecule has 4 fully saturated rings. The second-order valence-electron chi connectivity index (χ2n) is 13.0. The SMILES string of the molecule is C[C@@H]1[C@@H](O)[C@H](O)[C@@H](O)CN1C[C@@H]1CCC[C@H](C(F)(F)F)C1.C[C@@H]1[C@@H](O)[C@H](O)[C@@H](O)CN1C[C@H]1CCC[C@@H](C(F)(F)F)C1. The highest BCUT2D eigenvalue weighted by Gasteiger charge is 2.46. The summed E-state index contributed by atoms with van der Waals surface area (Å²) in [6.07, 6.45) is -11.7. The van der Waals surface area contributed by atoms with E-state index < -0.39 is 60.8 Å². The molecule has 14 heteroatoms. The van der Waals surface area contributed by atoms with Crippen molar-refractivity contribution in [3.63, 3.8) is 0 Å². The molecule has 2 saturated heterocycles. The van der Waals surface area contributed by atoms with Gasteiger partial charge < -0.3 is 30.6 Å². The van der Waals surface area contributed by atoms with Crippen molar-refractivity contribution in [1.29, 1.82) is 0 Å². The number of piperidine rings is 2. The summed E-state index contributed by atoms with van der Waals surface area (Å²) < 4.78 is 76.9. The molecule has 4 aliphatic rings. The van der Waals surface area contributed by atoms with Crippen LogP contribution in [0.15, 0.2) is 0 Å². The summed E-state index contributed by atoms with van der Waals surface area (Å²) in [5.41, 5.74) is 0. The van der Waals surface area contributed by atoms with Gasteiger partial charge in [0.25, 0.3) is 0 Å². The highest BCUT2D eigenvalue weighted by atomic mass is 19.4. The lowest BCUT2D eigenvalue weighted by Gasteiger charge is -2.44. The van der Waals surface area contributed by atoms with Gasteiger partial charge in [-0.3, -0.25) is 9.80 Å². The van der Waals surface area contributed by atoms with E-state index in [1.54, 1.807) is 23.6 Å². The number of aliphatic hydroxyl groups excluding tert-OH is 6. The van der Waals surface area contributed by atoms with Crippen LogP contribution >= 0.6 is 0 Å². The molecule has 0 amide bonds. The molecular weight excluding hydrogens is 574 g/mol. The summed E-state index contributed by atoms with van der Waals surface area (Å²) >= 11 is 0. The van der Waals surface area contributed by atoms with Gasteiger partial charge in [-0.1, -0.05) is 12.8 Å². The zero-order chi connectivity index (χ0) is 31.6. The molecule has 42 heavy (non-hydrogen) atoms. The summed E-state index contributed by atoms with van der Waals surface area (Å²) in [6, 6.07) is -0.732. The van der Waals surface area contributed by atoms with E-state index in [0.29, 0.717) is 25.9 Å². The highest BCUT2D eigenvalue weighted by Crippen LogP contribution is 2.41. The van der Waals surface area contributed by atoms with Gasteiger partial charge in [0.2, 0.25) is 0 Å². The molecule has 0 aromatic rings. The first-order valence-electron chi connectivity index (χ1n) is 15.1. The minimum atomic E-state index is -4.14. The average molecular weight is 623 g/mol. The van der Waals surface area contributed by atoms with E-state index in [9.17, 15) is 57.0 Å². The maximum absolute atomic E-state index is 12.8. The van der Waals surface area contributed by atoms with Gasteiger partial charge in [-0.15, -0.1) is 0 Å². The van der Waals surface area contributed by atoms with Gasteiger partial charge in [-0.05, 0) is 64.2 Å². The fraction of sp³-hybridized carbons (Fsp3) is 1.00. The number of hydrogen-bond acceptors (Lipinski definition) is 8. The van der Waals surface area contributed by atoms with Crippen molar-refractivity contribution in [2.24, 2.45) is 23.7 Å². The Hall–Kier alpha value is -0.740. The lowest BCUT2D eigenvalue weighted by molar-refractivity contribution is -0.188. The first-order valence-corrected chi connectivity index (χ1v) is 15.1. The minimum absolute atomic E-state index is 0.0810. The van der Waals surface area contributed by atoms with Gasteiger partial charge in [0.1, 0.15) is 12.2 Å². The Morgan fingerprint density at radius 3 is 1.19 bits per heavy atom. The molecule has 4 rings (SSSR count). The summed E-state index contributed by atoms with van der Waals surface area (Å²) in [6.45, 7) is 4.68. The van der Waals surface area contributed by atoms with Gasteiger partial charge >= 0.3 is 12.4 Å². The molecule has 0 spiro atoms. The van der Waals surface area contributed by atoms with Gasteiger partial charge in [-0.25, -0.2) is 0 Å². The molecule has 8 nitrogen and oxygen atoms in total. The van der Waals surface area contributed by atoms with Crippen LogP contribution in [0.5, 0.6) is 0 Å². The summed E-state index contributed by atoms with van der Waals surface area (Å²) in [4.78, 5) is 3.59. The first kappa shape index (κ1) is 35.7. The zero-order valence-corrected chi connectivity index (χ0v) is 24.3. The maximum atomic E-state index is 12.8. The van der Waals surface area contributed by atoms with Crippen molar-refractivity contribution in [1.82, 2.24) is 9.80 Å². The number of hydrogen-bond donors (Lipinski definition) is 6. The molecule has 0 bridgehead atoms. The molecule has 2 saturated carbocycles. The number of likely N-dealkylation sites (tertiary alicyclic amines) is 2. The number of rotatable bonds is 4. The van der Waals surface area contributed by atoms with E-state index in [2.05, 4.69) is 0 Å². The Morgan fingerprint density at radius 1 is 0.548 bits per heavy atom. The largest absolute Gasteiger partial charge is 0.391 e. The third kappa shape index (κ3) is 9.15. The van der Waals surface area contributed by atoms with Crippen molar-refractivity contribution in [2.75, 3.05) is 26.2 Å². The van der Waals surface area contributed by atoms with Gasteiger partial charge in [0.05, 0.1) is 36.3 Å². The third-order valence-electron chi connectivity index (χ3n) is 9.95. The number of halogens is 6. The Morgan fingerprint density at radius 2 is 0.881 bits per heavy atom. The summed E-state index contributed by atoms with van der Waals surface area (Å²) in [5.74, 6) is -2.64. The highest BCUT2D eigenvalue weighted by molar-refractivity contribution is 4.94. The molecule has 2 aliphatic carbocycles. The van der Waals surface area contributed by atoms with Crippen molar-refractivity contribution < 1.29 is 57.0 Å². The van der Waals surface area contributed by atoms with E-state index >= 15 is 0 Å². The second kappa shape index (κ2) is 14.6.